The van der Waals surface area contributed by atoms with Gasteiger partial charge in [-0.1, -0.05) is 56.3 Å². The van der Waals surface area contributed by atoms with Crippen LogP contribution >= 0.6 is 0 Å². The molecule has 0 aromatic heterocycles. The molecule has 2 amide bonds. The van der Waals surface area contributed by atoms with Crippen LogP contribution < -0.4 is 5.32 Å². The molecule has 0 aliphatic carbocycles. The van der Waals surface area contributed by atoms with Gasteiger partial charge in [0.05, 0.1) is 12.3 Å². The maximum absolute atomic E-state index is 13.8. The number of rotatable bonds is 7. The molecule has 29 heavy (non-hydrogen) atoms. The van der Waals surface area contributed by atoms with Crippen LogP contribution in [0.2, 0.25) is 0 Å². The molecule has 0 bridgehead atoms. The molecule has 0 saturated carbocycles. The van der Waals surface area contributed by atoms with E-state index in [9.17, 15) is 14.0 Å². The Labute approximate surface area is 172 Å². The molecule has 1 fully saturated rings. The summed E-state index contributed by atoms with van der Waals surface area (Å²) < 4.78 is 13.8. The fourth-order valence-electron chi connectivity index (χ4n) is 3.85. The van der Waals surface area contributed by atoms with Crippen molar-refractivity contribution in [1.82, 2.24) is 10.2 Å². The Bertz CT molecular complexity index is 838. The van der Waals surface area contributed by atoms with Gasteiger partial charge in [0.1, 0.15) is 5.82 Å². The maximum atomic E-state index is 13.8. The molecule has 3 rings (SSSR count). The van der Waals surface area contributed by atoms with Crippen molar-refractivity contribution < 1.29 is 14.0 Å². The average Bonchev–Trinajstić information content (AvgIpc) is 3.14. The summed E-state index contributed by atoms with van der Waals surface area (Å²) in [4.78, 5) is 27.5. The monoisotopic (exact) mass is 396 g/mol. The van der Waals surface area contributed by atoms with Gasteiger partial charge in [0.2, 0.25) is 11.8 Å². The summed E-state index contributed by atoms with van der Waals surface area (Å²) in [6.07, 6.45) is 1.21. The fourth-order valence-corrected chi connectivity index (χ4v) is 3.85. The highest BCUT2D eigenvalue weighted by molar-refractivity contribution is 5.84. The summed E-state index contributed by atoms with van der Waals surface area (Å²) in [6, 6.07) is 16.0. The zero-order valence-corrected chi connectivity index (χ0v) is 17.1. The zero-order valence-electron chi connectivity index (χ0n) is 17.1. The van der Waals surface area contributed by atoms with E-state index in [1.807, 2.05) is 36.4 Å². The second kappa shape index (κ2) is 9.68. The van der Waals surface area contributed by atoms with E-state index in [0.29, 0.717) is 32.0 Å². The Balaban J connectivity index is 1.74. The number of amides is 2. The molecular weight excluding hydrogens is 367 g/mol. The van der Waals surface area contributed by atoms with Gasteiger partial charge in [-0.05, 0) is 35.6 Å². The molecule has 2 unspecified atom stereocenters. The van der Waals surface area contributed by atoms with Crippen LogP contribution in [0.5, 0.6) is 0 Å². The van der Waals surface area contributed by atoms with Crippen molar-refractivity contribution in [2.75, 3.05) is 19.6 Å². The van der Waals surface area contributed by atoms with Crippen LogP contribution in [-0.2, 0) is 16.0 Å². The Kier molecular flexibility index (Phi) is 7.02. The van der Waals surface area contributed by atoms with E-state index in [1.54, 1.807) is 11.0 Å². The molecule has 2 aromatic rings. The second-order valence-corrected chi connectivity index (χ2v) is 8.20. The number of carbonyl (C=O) groups is 2. The second-order valence-electron chi connectivity index (χ2n) is 8.20. The van der Waals surface area contributed by atoms with Crippen molar-refractivity contribution >= 4 is 11.8 Å². The van der Waals surface area contributed by atoms with E-state index in [4.69, 9.17) is 0 Å². The minimum atomic E-state index is -0.372. The van der Waals surface area contributed by atoms with Crippen LogP contribution in [-0.4, -0.2) is 36.3 Å². The number of nitrogens with one attached hydrogen (secondary N) is 1. The molecule has 4 nitrogen and oxygen atoms in total. The molecule has 1 aliphatic rings. The highest BCUT2D eigenvalue weighted by Gasteiger charge is 2.40. The summed E-state index contributed by atoms with van der Waals surface area (Å²) in [5, 5.41) is 3.01. The Morgan fingerprint density at radius 1 is 1.10 bits per heavy atom. The van der Waals surface area contributed by atoms with Crippen LogP contribution in [0.4, 0.5) is 4.39 Å². The lowest BCUT2D eigenvalue weighted by Gasteiger charge is -2.18. The maximum Gasteiger partial charge on any atom is 0.227 e. The summed E-state index contributed by atoms with van der Waals surface area (Å²) in [7, 11) is 0. The Hall–Kier alpha value is -2.69. The van der Waals surface area contributed by atoms with Crippen molar-refractivity contribution in [3.05, 3.63) is 71.5 Å². The lowest BCUT2D eigenvalue weighted by Crippen LogP contribution is -2.36. The number of halogens is 1. The highest BCUT2D eigenvalue weighted by Crippen LogP contribution is 2.33. The number of hydrogen-bond acceptors (Lipinski definition) is 2. The zero-order chi connectivity index (χ0) is 20.8. The van der Waals surface area contributed by atoms with Crippen molar-refractivity contribution in [1.29, 1.82) is 0 Å². The Morgan fingerprint density at radius 2 is 1.86 bits per heavy atom. The SMILES string of the molecule is CC(C)CCNC(=O)C1CN(C(=O)Cc2ccccc2)CC1c1cccc(F)c1. The van der Waals surface area contributed by atoms with Crippen molar-refractivity contribution in [3.63, 3.8) is 0 Å². The van der Waals surface area contributed by atoms with Crippen LogP contribution in [0.1, 0.15) is 37.3 Å². The molecular formula is C24H29FN2O2. The van der Waals surface area contributed by atoms with Crippen molar-refractivity contribution in [2.24, 2.45) is 11.8 Å². The summed E-state index contributed by atoms with van der Waals surface area (Å²) in [5.74, 6) is -0.462. The highest BCUT2D eigenvalue weighted by atomic mass is 19.1. The fraction of sp³-hybridized carbons (Fsp3) is 0.417. The first kappa shape index (κ1) is 21.0. The van der Waals surface area contributed by atoms with Crippen LogP contribution in [0, 0.1) is 17.7 Å². The van der Waals surface area contributed by atoms with Crippen LogP contribution in [0.25, 0.3) is 0 Å². The molecule has 1 N–H and O–H groups in total. The lowest BCUT2D eigenvalue weighted by atomic mass is 9.88. The minimum absolute atomic E-state index is 0.00455. The van der Waals surface area contributed by atoms with Gasteiger partial charge < -0.3 is 10.2 Å². The first-order valence-electron chi connectivity index (χ1n) is 10.3. The third-order valence-corrected chi connectivity index (χ3v) is 5.51. The normalized spacial score (nSPS) is 18.8. The van der Waals surface area contributed by atoms with Crippen LogP contribution in [0.15, 0.2) is 54.6 Å². The first-order valence-corrected chi connectivity index (χ1v) is 10.3. The van der Waals surface area contributed by atoms with Gasteiger partial charge >= 0.3 is 0 Å². The van der Waals surface area contributed by atoms with E-state index < -0.39 is 0 Å². The number of hydrogen-bond donors (Lipinski definition) is 1. The van der Waals surface area contributed by atoms with Gasteiger partial charge in [-0.3, -0.25) is 9.59 Å². The van der Waals surface area contributed by atoms with E-state index >= 15 is 0 Å². The molecule has 2 atom stereocenters. The predicted octanol–water partition coefficient (Wildman–Crippen LogP) is 3.77. The molecule has 1 aliphatic heterocycles. The summed E-state index contributed by atoms with van der Waals surface area (Å²) in [6.45, 7) is 5.63. The third-order valence-electron chi connectivity index (χ3n) is 5.51. The van der Waals surface area contributed by atoms with Gasteiger partial charge in [0.25, 0.3) is 0 Å². The van der Waals surface area contributed by atoms with Gasteiger partial charge in [0.15, 0.2) is 0 Å². The van der Waals surface area contributed by atoms with Gasteiger partial charge in [0, 0.05) is 25.6 Å². The van der Waals surface area contributed by atoms with Gasteiger partial charge in [-0.15, -0.1) is 0 Å². The summed E-state index contributed by atoms with van der Waals surface area (Å²) >= 11 is 0. The largest absolute Gasteiger partial charge is 0.356 e. The van der Waals surface area contributed by atoms with Crippen LogP contribution in [0.3, 0.4) is 0 Å². The molecule has 0 spiro atoms. The third kappa shape index (κ3) is 5.66. The molecule has 5 heteroatoms. The van der Waals surface area contributed by atoms with E-state index in [2.05, 4.69) is 19.2 Å². The topological polar surface area (TPSA) is 49.4 Å². The van der Waals surface area contributed by atoms with E-state index in [-0.39, 0.29) is 29.5 Å². The average molecular weight is 397 g/mol. The van der Waals surface area contributed by atoms with Gasteiger partial charge in [-0.25, -0.2) is 4.39 Å². The minimum Gasteiger partial charge on any atom is -0.356 e. The van der Waals surface area contributed by atoms with Gasteiger partial charge in [-0.2, -0.15) is 0 Å². The first-order chi connectivity index (χ1) is 13.9. The Morgan fingerprint density at radius 3 is 2.55 bits per heavy atom. The van der Waals surface area contributed by atoms with E-state index in [1.165, 1.54) is 12.1 Å². The lowest BCUT2D eigenvalue weighted by molar-refractivity contribution is -0.130. The van der Waals surface area contributed by atoms with Crippen molar-refractivity contribution in [2.45, 2.75) is 32.6 Å². The number of nitrogens with zero attached hydrogens (tertiary/aromatic N) is 1. The smallest absolute Gasteiger partial charge is 0.227 e. The molecule has 154 valence electrons. The molecule has 1 saturated heterocycles. The molecule has 0 radical (unpaired) electrons. The molecule has 1 heterocycles. The standard InChI is InChI=1S/C24H29FN2O2/c1-17(2)11-12-26-24(29)22-16-27(23(28)13-18-7-4-3-5-8-18)15-21(22)19-9-6-10-20(25)14-19/h3-10,14,17,21-22H,11-13,15-16H2,1-2H3,(H,26,29). The van der Waals surface area contributed by atoms with Crippen molar-refractivity contribution in [3.8, 4) is 0 Å². The number of benzene rings is 2. The summed E-state index contributed by atoms with van der Waals surface area (Å²) in [5.41, 5.74) is 1.72. The number of likely N-dealkylation sites (tertiary alicyclic amines) is 1. The number of carbonyl (C=O) groups excluding carboxylic acids is 2. The van der Waals surface area contributed by atoms with E-state index in [0.717, 1.165) is 17.5 Å². The molecule has 2 aromatic carbocycles. The predicted molar refractivity (Wildman–Crippen MR) is 112 cm³/mol. The quantitative estimate of drug-likeness (QED) is 0.774.